The van der Waals surface area contributed by atoms with E-state index in [9.17, 15) is 10.1 Å². The van der Waals surface area contributed by atoms with Crippen LogP contribution in [0.5, 0.6) is 0 Å². The molecule has 1 aromatic heterocycles. The molecule has 1 aliphatic carbocycles. The molecule has 0 spiro atoms. The number of aromatic nitrogens is 1. The summed E-state index contributed by atoms with van der Waals surface area (Å²) in [4.78, 5) is 18.7. The Morgan fingerprint density at radius 2 is 2.05 bits per heavy atom. The van der Waals surface area contributed by atoms with Crippen LogP contribution in [0.1, 0.15) is 43.4 Å². The molecule has 0 atom stereocenters. The number of amides is 1. The van der Waals surface area contributed by atoms with Gasteiger partial charge in [-0.1, -0.05) is 6.42 Å². The van der Waals surface area contributed by atoms with E-state index in [1.807, 2.05) is 19.1 Å². The van der Waals surface area contributed by atoms with Crippen LogP contribution in [-0.4, -0.2) is 30.0 Å². The number of anilines is 1. The van der Waals surface area contributed by atoms with Crippen molar-refractivity contribution >= 4 is 11.7 Å². The molecule has 5 nitrogen and oxygen atoms in total. The monoisotopic (exact) mass is 298 g/mol. The normalized spacial score (nSPS) is 19.4. The van der Waals surface area contributed by atoms with E-state index in [-0.39, 0.29) is 17.9 Å². The zero-order valence-electron chi connectivity index (χ0n) is 13.0. The van der Waals surface area contributed by atoms with Crippen LogP contribution in [0, 0.1) is 24.2 Å². The fraction of sp³-hybridized carbons (Fsp3) is 0.588. The topological polar surface area (TPSA) is 69.0 Å². The lowest BCUT2D eigenvalue weighted by molar-refractivity contribution is -0.128. The van der Waals surface area contributed by atoms with Crippen molar-refractivity contribution in [1.82, 2.24) is 10.3 Å². The first-order chi connectivity index (χ1) is 10.7. The molecule has 116 valence electrons. The summed E-state index contributed by atoms with van der Waals surface area (Å²) >= 11 is 0. The highest BCUT2D eigenvalue weighted by molar-refractivity contribution is 5.79. The fourth-order valence-electron chi connectivity index (χ4n) is 3.10. The Hall–Kier alpha value is -2.09. The third-order valence-corrected chi connectivity index (χ3v) is 4.75. The number of carbonyl (C=O) groups is 1. The predicted molar refractivity (Wildman–Crippen MR) is 84.4 cm³/mol. The smallest absolute Gasteiger partial charge is 0.223 e. The molecule has 5 heteroatoms. The summed E-state index contributed by atoms with van der Waals surface area (Å²) in [6, 6.07) is 6.19. The van der Waals surface area contributed by atoms with Crippen molar-refractivity contribution in [2.24, 2.45) is 5.92 Å². The van der Waals surface area contributed by atoms with E-state index in [0.717, 1.165) is 50.3 Å². The van der Waals surface area contributed by atoms with Gasteiger partial charge in [0.2, 0.25) is 5.91 Å². The summed E-state index contributed by atoms with van der Waals surface area (Å²) in [6.07, 6.45) is 5.11. The highest BCUT2D eigenvalue weighted by Crippen LogP contribution is 2.27. The van der Waals surface area contributed by atoms with Gasteiger partial charge in [0.15, 0.2) is 0 Å². The van der Waals surface area contributed by atoms with Gasteiger partial charge in [-0.25, -0.2) is 4.98 Å². The van der Waals surface area contributed by atoms with Crippen molar-refractivity contribution in [2.75, 3.05) is 18.0 Å². The summed E-state index contributed by atoms with van der Waals surface area (Å²) in [5.41, 5.74) is 1.55. The van der Waals surface area contributed by atoms with Crippen LogP contribution in [-0.2, 0) is 4.79 Å². The van der Waals surface area contributed by atoms with Gasteiger partial charge in [0.05, 0.1) is 5.56 Å². The molecule has 0 radical (unpaired) electrons. The van der Waals surface area contributed by atoms with E-state index >= 15 is 0 Å². The van der Waals surface area contributed by atoms with Crippen molar-refractivity contribution in [3.05, 3.63) is 23.4 Å². The highest BCUT2D eigenvalue weighted by Gasteiger charge is 2.29. The third kappa shape index (κ3) is 3.06. The minimum Gasteiger partial charge on any atom is -0.355 e. The summed E-state index contributed by atoms with van der Waals surface area (Å²) in [5, 5.41) is 12.4. The number of pyridine rings is 1. The molecule has 0 bridgehead atoms. The maximum Gasteiger partial charge on any atom is 0.223 e. The summed E-state index contributed by atoms with van der Waals surface area (Å²) < 4.78 is 0. The number of nitriles is 1. The molecular formula is C17H22N4O. The number of piperidine rings is 1. The minimum atomic E-state index is 0.232. The van der Waals surface area contributed by atoms with Crippen LogP contribution in [0.3, 0.4) is 0 Å². The summed E-state index contributed by atoms with van der Waals surface area (Å²) in [7, 11) is 0. The molecule has 2 fully saturated rings. The van der Waals surface area contributed by atoms with Crippen molar-refractivity contribution < 1.29 is 4.79 Å². The van der Waals surface area contributed by atoms with Gasteiger partial charge in [-0.3, -0.25) is 4.79 Å². The lowest BCUT2D eigenvalue weighted by atomic mass is 9.84. The summed E-state index contributed by atoms with van der Waals surface area (Å²) in [6.45, 7) is 3.61. The van der Waals surface area contributed by atoms with Crippen molar-refractivity contribution in [2.45, 2.75) is 45.1 Å². The van der Waals surface area contributed by atoms with Crippen LogP contribution >= 0.6 is 0 Å². The Balaban J connectivity index is 1.58. The first kappa shape index (κ1) is 14.8. The second-order valence-corrected chi connectivity index (χ2v) is 6.33. The van der Waals surface area contributed by atoms with Gasteiger partial charge >= 0.3 is 0 Å². The second kappa shape index (κ2) is 6.35. The predicted octanol–water partition coefficient (Wildman–Crippen LogP) is 2.15. The Kier molecular flexibility index (Phi) is 4.28. The van der Waals surface area contributed by atoms with Gasteiger partial charge in [0.1, 0.15) is 11.9 Å². The van der Waals surface area contributed by atoms with Gasteiger partial charge in [-0.15, -0.1) is 0 Å². The Morgan fingerprint density at radius 3 is 2.64 bits per heavy atom. The van der Waals surface area contributed by atoms with E-state index in [1.165, 1.54) is 6.42 Å². The Bertz CT molecular complexity index is 595. The first-order valence-electron chi connectivity index (χ1n) is 8.10. The van der Waals surface area contributed by atoms with Crippen LogP contribution in [0.15, 0.2) is 12.1 Å². The van der Waals surface area contributed by atoms with Crippen LogP contribution in [0.4, 0.5) is 5.82 Å². The van der Waals surface area contributed by atoms with Crippen LogP contribution in [0.25, 0.3) is 0 Å². The number of rotatable bonds is 3. The van der Waals surface area contributed by atoms with Gasteiger partial charge < -0.3 is 10.2 Å². The quantitative estimate of drug-likeness (QED) is 0.928. The lowest BCUT2D eigenvalue weighted by Gasteiger charge is -2.35. The van der Waals surface area contributed by atoms with Gasteiger partial charge in [0.25, 0.3) is 0 Å². The molecule has 2 heterocycles. The number of nitrogens with one attached hydrogen (secondary N) is 1. The zero-order chi connectivity index (χ0) is 15.5. The molecule has 1 amide bonds. The molecule has 1 aromatic rings. The van der Waals surface area contributed by atoms with E-state index in [0.29, 0.717) is 5.56 Å². The zero-order valence-corrected chi connectivity index (χ0v) is 13.0. The maximum atomic E-state index is 12.0. The van der Waals surface area contributed by atoms with Gasteiger partial charge in [-0.05, 0) is 44.7 Å². The number of carbonyl (C=O) groups excluding carboxylic acids is 1. The molecule has 1 aliphatic heterocycles. The molecule has 0 unspecified atom stereocenters. The number of nitrogens with zero attached hydrogens (tertiary/aromatic N) is 3. The molecule has 22 heavy (non-hydrogen) atoms. The molecule has 3 rings (SSSR count). The first-order valence-corrected chi connectivity index (χ1v) is 8.10. The van der Waals surface area contributed by atoms with Gasteiger partial charge in [0, 0.05) is 30.7 Å². The SMILES string of the molecule is Cc1ccc(C#N)c(N2CCC(NC(=O)C3CCC3)CC2)n1. The van der Waals surface area contributed by atoms with Gasteiger partial charge in [-0.2, -0.15) is 5.26 Å². The average molecular weight is 298 g/mol. The number of hydrogen-bond acceptors (Lipinski definition) is 4. The fourth-order valence-corrected chi connectivity index (χ4v) is 3.10. The second-order valence-electron chi connectivity index (χ2n) is 6.33. The van der Waals surface area contributed by atoms with E-state index < -0.39 is 0 Å². The lowest BCUT2D eigenvalue weighted by Crippen LogP contribution is -2.47. The average Bonchev–Trinajstić information content (AvgIpc) is 2.46. The molecule has 0 aromatic carbocycles. The molecule has 1 saturated heterocycles. The van der Waals surface area contributed by atoms with Crippen LogP contribution < -0.4 is 10.2 Å². The van der Waals surface area contributed by atoms with Crippen molar-refractivity contribution in [3.8, 4) is 6.07 Å². The minimum absolute atomic E-state index is 0.232. The highest BCUT2D eigenvalue weighted by atomic mass is 16.2. The number of aryl methyl sites for hydroxylation is 1. The molecule has 1 saturated carbocycles. The van der Waals surface area contributed by atoms with E-state index in [1.54, 1.807) is 0 Å². The molecule has 1 N–H and O–H groups in total. The van der Waals surface area contributed by atoms with Crippen molar-refractivity contribution in [1.29, 1.82) is 5.26 Å². The van der Waals surface area contributed by atoms with E-state index in [2.05, 4.69) is 21.3 Å². The standard InChI is InChI=1S/C17H22N4O/c1-12-5-6-14(11-18)16(19-12)21-9-7-15(8-10-21)20-17(22)13-3-2-4-13/h5-6,13,15H,2-4,7-10H2,1H3,(H,20,22). The third-order valence-electron chi connectivity index (χ3n) is 4.75. The molecular weight excluding hydrogens is 276 g/mol. The molecule has 2 aliphatic rings. The van der Waals surface area contributed by atoms with Crippen LogP contribution in [0.2, 0.25) is 0 Å². The maximum absolute atomic E-state index is 12.0. The number of hydrogen-bond donors (Lipinski definition) is 1. The Labute approximate surface area is 131 Å². The summed E-state index contributed by atoms with van der Waals surface area (Å²) in [5.74, 6) is 1.27. The largest absolute Gasteiger partial charge is 0.355 e. The van der Waals surface area contributed by atoms with Crippen molar-refractivity contribution in [3.63, 3.8) is 0 Å². The van der Waals surface area contributed by atoms with E-state index in [4.69, 9.17) is 0 Å². The Morgan fingerprint density at radius 1 is 1.32 bits per heavy atom.